The highest BCUT2D eigenvalue weighted by atomic mass is 16.6. The van der Waals surface area contributed by atoms with Crippen LogP contribution in [0.2, 0.25) is 0 Å². The summed E-state index contributed by atoms with van der Waals surface area (Å²) in [6.07, 6.45) is -0.309. The van der Waals surface area contributed by atoms with Crippen LogP contribution in [0.3, 0.4) is 0 Å². The molecule has 0 saturated heterocycles. The van der Waals surface area contributed by atoms with E-state index in [1.165, 1.54) is 0 Å². The summed E-state index contributed by atoms with van der Waals surface area (Å²) in [4.78, 5) is 21.0. The number of aliphatic carboxylic acids is 1. The molecule has 0 aromatic heterocycles. The van der Waals surface area contributed by atoms with Crippen molar-refractivity contribution in [2.75, 3.05) is 67.1 Å². The highest BCUT2D eigenvalue weighted by Crippen LogP contribution is 1.92. The Kier molecular flexibility index (Phi) is 21.6. The van der Waals surface area contributed by atoms with E-state index < -0.39 is 11.9 Å². The van der Waals surface area contributed by atoms with Gasteiger partial charge < -0.3 is 33.9 Å². The Labute approximate surface area is 136 Å². The van der Waals surface area contributed by atoms with E-state index in [0.717, 1.165) is 0 Å². The van der Waals surface area contributed by atoms with Crippen LogP contribution in [0.15, 0.2) is 0 Å². The van der Waals surface area contributed by atoms with Gasteiger partial charge in [-0.2, -0.15) is 0 Å². The van der Waals surface area contributed by atoms with Crippen molar-refractivity contribution in [2.45, 2.75) is 12.8 Å². The highest BCUT2D eigenvalue weighted by Gasteiger charge is 2.05. The fourth-order valence-electron chi connectivity index (χ4n) is 1.05. The summed E-state index contributed by atoms with van der Waals surface area (Å²) in [7, 11) is 3.18. The molecular formula is C14H28O9. The molecule has 0 amide bonds. The molecule has 9 nitrogen and oxygen atoms in total. The summed E-state index contributed by atoms with van der Waals surface area (Å²) in [6, 6.07) is 0. The number of carboxylic acids is 1. The van der Waals surface area contributed by atoms with E-state index in [0.29, 0.717) is 39.6 Å². The second-order valence-electron chi connectivity index (χ2n) is 4.05. The van der Waals surface area contributed by atoms with E-state index in [-0.39, 0.29) is 26.1 Å². The number of carbonyl (C=O) groups excluding carboxylic acids is 1. The zero-order valence-corrected chi connectivity index (χ0v) is 13.8. The lowest BCUT2D eigenvalue weighted by Gasteiger charge is -2.04. The lowest BCUT2D eigenvalue weighted by atomic mass is 10.3. The summed E-state index contributed by atoms with van der Waals surface area (Å²) < 4.78 is 24.0. The summed E-state index contributed by atoms with van der Waals surface area (Å²) in [6.45, 7) is 3.03. The van der Waals surface area contributed by atoms with Gasteiger partial charge in [-0.3, -0.25) is 9.59 Å². The number of hydrogen-bond donors (Lipinski definition) is 2. The molecule has 138 valence electrons. The molecule has 0 aliphatic rings. The van der Waals surface area contributed by atoms with Crippen molar-refractivity contribution in [1.29, 1.82) is 0 Å². The predicted molar refractivity (Wildman–Crippen MR) is 80.3 cm³/mol. The fourth-order valence-corrected chi connectivity index (χ4v) is 1.05. The van der Waals surface area contributed by atoms with Gasteiger partial charge in [-0.15, -0.1) is 0 Å². The molecule has 0 radical (unpaired) electrons. The van der Waals surface area contributed by atoms with E-state index in [1.54, 1.807) is 14.2 Å². The molecule has 0 heterocycles. The van der Waals surface area contributed by atoms with Crippen molar-refractivity contribution in [3.63, 3.8) is 0 Å². The molecule has 0 rings (SSSR count). The Hall–Kier alpha value is -1.26. The maximum absolute atomic E-state index is 10.9. The van der Waals surface area contributed by atoms with Gasteiger partial charge in [0.15, 0.2) is 0 Å². The SMILES string of the molecule is COCCOCCO.COCCOCCOC(=O)CCC(=O)O. The lowest BCUT2D eigenvalue weighted by molar-refractivity contribution is -0.148. The molecule has 0 atom stereocenters. The number of carbonyl (C=O) groups is 2. The van der Waals surface area contributed by atoms with E-state index in [2.05, 4.69) is 4.74 Å². The van der Waals surface area contributed by atoms with Gasteiger partial charge in [0.2, 0.25) is 0 Å². The quantitative estimate of drug-likeness (QED) is 0.324. The third-order valence-electron chi connectivity index (χ3n) is 2.13. The summed E-state index contributed by atoms with van der Waals surface area (Å²) in [5, 5.41) is 16.5. The van der Waals surface area contributed by atoms with Gasteiger partial charge in [0.1, 0.15) is 6.61 Å². The van der Waals surface area contributed by atoms with Crippen LogP contribution in [0.5, 0.6) is 0 Å². The van der Waals surface area contributed by atoms with Crippen molar-refractivity contribution in [3.05, 3.63) is 0 Å². The first-order chi connectivity index (χ1) is 11.1. The molecule has 0 aromatic carbocycles. The van der Waals surface area contributed by atoms with Crippen molar-refractivity contribution in [3.8, 4) is 0 Å². The highest BCUT2D eigenvalue weighted by molar-refractivity contribution is 5.76. The van der Waals surface area contributed by atoms with Crippen LogP contribution in [0.4, 0.5) is 0 Å². The maximum Gasteiger partial charge on any atom is 0.306 e. The van der Waals surface area contributed by atoms with Gasteiger partial charge in [-0.05, 0) is 0 Å². The van der Waals surface area contributed by atoms with E-state index in [4.69, 9.17) is 29.2 Å². The number of ether oxygens (including phenoxy) is 5. The summed E-state index contributed by atoms with van der Waals surface area (Å²) >= 11 is 0. The smallest absolute Gasteiger partial charge is 0.306 e. The number of hydrogen-bond acceptors (Lipinski definition) is 8. The minimum Gasteiger partial charge on any atom is -0.481 e. The van der Waals surface area contributed by atoms with Gasteiger partial charge in [0.05, 0.1) is 59.1 Å². The average Bonchev–Trinajstić information content (AvgIpc) is 2.53. The van der Waals surface area contributed by atoms with E-state index in [9.17, 15) is 9.59 Å². The lowest BCUT2D eigenvalue weighted by Crippen LogP contribution is -2.13. The topological polar surface area (TPSA) is 121 Å². The first-order valence-electron chi connectivity index (χ1n) is 7.20. The molecule has 0 unspecified atom stereocenters. The molecule has 0 aromatic rings. The molecular weight excluding hydrogens is 312 g/mol. The van der Waals surface area contributed by atoms with Crippen LogP contribution in [0.25, 0.3) is 0 Å². The second-order valence-corrected chi connectivity index (χ2v) is 4.05. The van der Waals surface area contributed by atoms with Crippen LogP contribution in [-0.2, 0) is 33.3 Å². The van der Waals surface area contributed by atoms with Crippen LogP contribution in [0.1, 0.15) is 12.8 Å². The van der Waals surface area contributed by atoms with Gasteiger partial charge in [0.25, 0.3) is 0 Å². The predicted octanol–water partition coefficient (Wildman–Crippen LogP) is -0.301. The zero-order valence-electron chi connectivity index (χ0n) is 13.8. The number of carboxylic acid groups (broad SMARTS) is 1. The number of methoxy groups -OCH3 is 2. The van der Waals surface area contributed by atoms with Crippen molar-refractivity contribution < 1.29 is 43.5 Å². The molecule has 9 heteroatoms. The molecule has 0 spiro atoms. The Morgan fingerprint density at radius 2 is 1.30 bits per heavy atom. The number of aliphatic hydroxyl groups excluding tert-OH is 1. The number of aliphatic hydroxyl groups is 1. The van der Waals surface area contributed by atoms with Crippen LogP contribution >= 0.6 is 0 Å². The standard InChI is InChI=1S/C9H16O6.C5H12O3/c1-13-4-5-14-6-7-15-9(12)3-2-8(10)11;1-7-4-5-8-3-2-6/h2-7H2,1H3,(H,10,11);6H,2-5H2,1H3. The van der Waals surface area contributed by atoms with Crippen molar-refractivity contribution in [1.82, 2.24) is 0 Å². The van der Waals surface area contributed by atoms with Crippen LogP contribution in [-0.4, -0.2) is 89.2 Å². The third kappa shape index (κ3) is 26.0. The van der Waals surface area contributed by atoms with Crippen molar-refractivity contribution >= 4 is 11.9 Å². The maximum atomic E-state index is 10.9. The monoisotopic (exact) mass is 340 g/mol. The van der Waals surface area contributed by atoms with Gasteiger partial charge in [-0.25, -0.2) is 0 Å². The molecule has 0 saturated carbocycles. The van der Waals surface area contributed by atoms with Crippen molar-refractivity contribution in [2.24, 2.45) is 0 Å². The minimum absolute atomic E-state index is 0.0870. The Morgan fingerprint density at radius 3 is 1.78 bits per heavy atom. The molecule has 0 bridgehead atoms. The van der Waals surface area contributed by atoms with E-state index >= 15 is 0 Å². The van der Waals surface area contributed by atoms with Crippen LogP contribution in [0, 0.1) is 0 Å². The largest absolute Gasteiger partial charge is 0.481 e. The van der Waals surface area contributed by atoms with Gasteiger partial charge in [0, 0.05) is 14.2 Å². The molecule has 0 aliphatic carbocycles. The van der Waals surface area contributed by atoms with Gasteiger partial charge in [-0.1, -0.05) is 0 Å². The molecule has 0 fully saturated rings. The zero-order chi connectivity index (χ0) is 17.8. The first-order valence-corrected chi connectivity index (χ1v) is 7.20. The molecule has 0 aliphatic heterocycles. The molecule has 2 N–H and O–H groups in total. The third-order valence-corrected chi connectivity index (χ3v) is 2.13. The Morgan fingerprint density at radius 1 is 0.783 bits per heavy atom. The fraction of sp³-hybridized carbons (Fsp3) is 0.857. The second kappa shape index (κ2) is 20.7. The Balaban J connectivity index is 0. The number of rotatable bonds is 14. The summed E-state index contributed by atoms with van der Waals surface area (Å²) in [5.41, 5.74) is 0. The van der Waals surface area contributed by atoms with Crippen LogP contribution < -0.4 is 0 Å². The average molecular weight is 340 g/mol. The first kappa shape index (κ1) is 24.0. The summed E-state index contributed by atoms with van der Waals surface area (Å²) in [5.74, 6) is -1.53. The minimum atomic E-state index is -1.01. The molecule has 23 heavy (non-hydrogen) atoms. The number of esters is 1. The van der Waals surface area contributed by atoms with E-state index in [1.807, 2.05) is 0 Å². The normalized spacial score (nSPS) is 9.87. The Bertz CT molecular complexity index is 265. The van der Waals surface area contributed by atoms with Gasteiger partial charge >= 0.3 is 11.9 Å².